The predicted octanol–water partition coefficient (Wildman–Crippen LogP) is 4.54. The van der Waals surface area contributed by atoms with Crippen molar-refractivity contribution in [1.82, 2.24) is 0 Å². The maximum atomic E-state index is 12.5. The average molecular weight is 382 g/mol. The minimum atomic E-state index is -9.76. The number of alkyl halides is 2. The van der Waals surface area contributed by atoms with Crippen molar-refractivity contribution in [3.05, 3.63) is 0 Å². The number of hydrogen-bond acceptors (Lipinski definition) is 1. The van der Waals surface area contributed by atoms with Gasteiger partial charge in [0, 0.05) is 11.2 Å². The molecule has 0 amide bonds. The molecule has 1 fully saturated rings. The number of carbonyl (C=O) groups is 1. The van der Waals surface area contributed by atoms with Crippen LogP contribution in [0, 0.1) is 0 Å². The van der Waals surface area contributed by atoms with Gasteiger partial charge in [-0.1, -0.05) is 51.3 Å². The largest absolute Gasteiger partial charge is 0.298 e. The molecule has 3 unspecified atom stereocenters. The standard InChI is InChI=1S/C6H7Br2F5OS/c7-3-1-2-4(14)6(5(3)8)15(9,10,11,12)13/h3,5-6H,1-2H2. The summed E-state index contributed by atoms with van der Waals surface area (Å²) in [5.41, 5.74) is 0. The Labute approximate surface area is 99.8 Å². The second kappa shape index (κ2) is 3.10. The van der Waals surface area contributed by atoms with Gasteiger partial charge >= 0.3 is 0 Å². The molecule has 15 heavy (non-hydrogen) atoms. The van der Waals surface area contributed by atoms with E-state index in [2.05, 4.69) is 31.9 Å². The molecule has 0 aromatic carbocycles. The van der Waals surface area contributed by atoms with E-state index in [1.165, 1.54) is 0 Å². The Bertz CT molecular complexity index is 301. The van der Waals surface area contributed by atoms with Gasteiger partial charge in [0.15, 0.2) is 11.0 Å². The van der Waals surface area contributed by atoms with E-state index in [4.69, 9.17) is 0 Å². The summed E-state index contributed by atoms with van der Waals surface area (Å²) in [7, 11) is -9.76. The molecular weight excluding hydrogens is 375 g/mol. The van der Waals surface area contributed by atoms with E-state index in [1.54, 1.807) is 0 Å². The third-order valence-corrected chi connectivity index (χ3v) is 6.87. The van der Waals surface area contributed by atoms with Crippen molar-refractivity contribution in [1.29, 1.82) is 0 Å². The van der Waals surface area contributed by atoms with E-state index in [0.29, 0.717) is 0 Å². The molecule has 1 rings (SSSR count). The van der Waals surface area contributed by atoms with Gasteiger partial charge in [-0.3, -0.25) is 4.79 Å². The number of hydrogen-bond donors (Lipinski definition) is 0. The Morgan fingerprint density at radius 3 is 1.93 bits per heavy atom. The molecule has 0 spiro atoms. The minimum absolute atomic E-state index is 0.124. The van der Waals surface area contributed by atoms with E-state index < -0.39 is 37.3 Å². The Morgan fingerprint density at radius 1 is 1.13 bits per heavy atom. The molecule has 0 aromatic rings. The fraction of sp³-hybridized carbons (Fsp3) is 0.833. The highest BCUT2D eigenvalue weighted by Crippen LogP contribution is 3.01. The Balaban J connectivity index is 3.19. The third-order valence-electron chi connectivity index (χ3n) is 2.10. The molecule has 9 heteroatoms. The summed E-state index contributed by atoms with van der Waals surface area (Å²) in [5.74, 6) is -1.44. The van der Waals surface area contributed by atoms with Gasteiger partial charge < -0.3 is 0 Å². The van der Waals surface area contributed by atoms with Crippen molar-refractivity contribution in [2.45, 2.75) is 27.7 Å². The maximum Gasteiger partial charge on any atom is 0.295 e. The van der Waals surface area contributed by atoms with E-state index in [0.717, 1.165) is 0 Å². The molecule has 1 nitrogen and oxygen atoms in total. The lowest BCUT2D eigenvalue weighted by Gasteiger charge is -2.50. The van der Waals surface area contributed by atoms with Gasteiger partial charge in [0.2, 0.25) is 0 Å². The fourth-order valence-electron chi connectivity index (χ4n) is 1.44. The van der Waals surface area contributed by atoms with Gasteiger partial charge in [0.1, 0.15) is 0 Å². The Hall–Kier alpha value is 0.630. The number of ketones is 1. The highest BCUT2D eigenvalue weighted by atomic mass is 79.9. The van der Waals surface area contributed by atoms with Crippen LogP contribution < -0.4 is 0 Å². The van der Waals surface area contributed by atoms with Gasteiger partial charge in [-0.2, -0.15) is 0 Å². The second-order valence-corrected chi connectivity index (χ2v) is 8.21. The monoisotopic (exact) mass is 380 g/mol. The molecule has 0 N–H and O–H groups in total. The van der Waals surface area contributed by atoms with Gasteiger partial charge in [-0.25, -0.2) is 0 Å². The second-order valence-electron chi connectivity index (χ2n) is 3.41. The van der Waals surface area contributed by atoms with Crippen LogP contribution in [0.5, 0.6) is 0 Å². The quantitative estimate of drug-likeness (QED) is 0.481. The molecule has 1 aliphatic carbocycles. The average Bonchev–Trinajstić information content (AvgIpc) is 1.91. The highest BCUT2D eigenvalue weighted by molar-refractivity contribution is 9.12. The number of Topliss-reactive ketones (excluding diaryl/α,β-unsaturated/α-hetero) is 1. The fourth-order valence-corrected chi connectivity index (χ4v) is 5.26. The third kappa shape index (κ3) is 3.06. The lowest BCUT2D eigenvalue weighted by Crippen LogP contribution is -2.47. The number of rotatable bonds is 1. The van der Waals surface area contributed by atoms with E-state index in [1.807, 2.05) is 0 Å². The summed E-state index contributed by atoms with van der Waals surface area (Å²) in [6, 6.07) is 0. The van der Waals surface area contributed by atoms with Gasteiger partial charge in [-0.05, 0) is 6.42 Å². The first-order valence-electron chi connectivity index (χ1n) is 3.86. The van der Waals surface area contributed by atoms with Gasteiger partial charge in [0.05, 0.1) is 4.83 Å². The van der Waals surface area contributed by atoms with Crippen LogP contribution in [0.3, 0.4) is 0 Å². The topological polar surface area (TPSA) is 17.1 Å². The number of carbonyl (C=O) groups excluding carboxylic acids is 1. The van der Waals surface area contributed by atoms with Crippen LogP contribution in [0.25, 0.3) is 0 Å². The maximum absolute atomic E-state index is 12.5. The van der Waals surface area contributed by atoms with Crippen LogP contribution in [0.4, 0.5) is 19.4 Å². The molecule has 0 aliphatic heterocycles. The van der Waals surface area contributed by atoms with Crippen molar-refractivity contribution < 1.29 is 24.2 Å². The first-order valence-corrected chi connectivity index (χ1v) is 7.71. The lowest BCUT2D eigenvalue weighted by molar-refractivity contribution is -0.120. The SMILES string of the molecule is O=C1CCC(Br)C(Br)C1S(F)(F)(F)(F)F. The molecule has 92 valence electrons. The summed E-state index contributed by atoms with van der Waals surface area (Å²) in [6.07, 6.45) is -0.354. The molecule has 0 radical (unpaired) electrons. The van der Waals surface area contributed by atoms with Crippen LogP contribution >= 0.6 is 42.1 Å². The predicted molar refractivity (Wildman–Crippen MR) is 56.6 cm³/mol. The summed E-state index contributed by atoms with van der Waals surface area (Å²) < 4.78 is 62.5. The van der Waals surface area contributed by atoms with Crippen molar-refractivity contribution in [2.24, 2.45) is 0 Å². The summed E-state index contributed by atoms with van der Waals surface area (Å²) >= 11 is 5.38. The zero-order valence-electron chi connectivity index (χ0n) is 7.11. The zero-order chi connectivity index (χ0) is 12.1. The van der Waals surface area contributed by atoms with E-state index in [9.17, 15) is 24.2 Å². The normalized spacial score (nSPS) is 38.3. The van der Waals surface area contributed by atoms with Crippen LogP contribution in [0.2, 0.25) is 0 Å². The Morgan fingerprint density at radius 2 is 1.60 bits per heavy atom. The highest BCUT2D eigenvalue weighted by Gasteiger charge is 2.75. The summed E-state index contributed by atoms with van der Waals surface area (Å²) in [6.45, 7) is 0. The molecule has 1 aliphatic rings. The smallest absolute Gasteiger partial charge is 0.295 e. The summed E-state index contributed by atoms with van der Waals surface area (Å²) in [4.78, 5) is 8.61. The van der Waals surface area contributed by atoms with Gasteiger partial charge in [0.25, 0.3) is 10.2 Å². The van der Waals surface area contributed by atoms with Crippen molar-refractivity contribution in [2.75, 3.05) is 0 Å². The lowest BCUT2D eigenvalue weighted by atomic mass is 9.99. The van der Waals surface area contributed by atoms with Crippen LogP contribution in [-0.4, -0.2) is 20.7 Å². The molecule has 1 saturated carbocycles. The van der Waals surface area contributed by atoms with E-state index in [-0.39, 0.29) is 6.42 Å². The van der Waals surface area contributed by atoms with Crippen LogP contribution in [-0.2, 0) is 4.79 Å². The van der Waals surface area contributed by atoms with Gasteiger partial charge in [-0.15, -0.1) is 0 Å². The van der Waals surface area contributed by atoms with E-state index >= 15 is 0 Å². The summed E-state index contributed by atoms with van der Waals surface area (Å²) in [5, 5.41) is -3.18. The van der Waals surface area contributed by atoms with Crippen molar-refractivity contribution in [3.8, 4) is 0 Å². The van der Waals surface area contributed by atoms with Crippen LogP contribution in [0.1, 0.15) is 12.8 Å². The molecule has 0 saturated heterocycles. The minimum Gasteiger partial charge on any atom is -0.298 e. The van der Waals surface area contributed by atoms with Crippen LogP contribution in [0.15, 0.2) is 0 Å². The molecule has 0 bridgehead atoms. The molecule has 0 aromatic heterocycles. The first-order chi connectivity index (χ1) is 6.33. The molecular formula is C6H7Br2F5OS. The van der Waals surface area contributed by atoms with Crippen molar-refractivity contribution >= 4 is 47.9 Å². The molecule has 3 atom stereocenters. The first kappa shape index (κ1) is 13.7. The number of halogens is 7. The zero-order valence-corrected chi connectivity index (χ0v) is 11.1. The molecule has 0 heterocycles. The Kier molecular flexibility index (Phi) is 2.83. The van der Waals surface area contributed by atoms with Crippen molar-refractivity contribution in [3.63, 3.8) is 0 Å².